The van der Waals surface area contributed by atoms with Gasteiger partial charge in [0.05, 0.1) is 20.3 Å². The maximum atomic E-state index is 10.7. The minimum absolute atomic E-state index is 0.516. The van der Waals surface area contributed by atoms with Gasteiger partial charge in [-0.1, -0.05) is 0 Å². The lowest BCUT2D eigenvalue weighted by Crippen LogP contribution is -2.48. The first-order valence-corrected chi connectivity index (χ1v) is 3.80. The molecule has 0 bridgehead atoms. The summed E-state index contributed by atoms with van der Waals surface area (Å²) in [7, 11) is 1.25. The monoisotopic (exact) mass is 175 g/mol. The van der Waals surface area contributed by atoms with Crippen molar-refractivity contribution in [3.63, 3.8) is 0 Å². The highest BCUT2D eigenvalue weighted by molar-refractivity contribution is 5.60. The Morgan fingerprint density at radius 2 is 2.08 bits per heavy atom. The van der Waals surface area contributed by atoms with Crippen molar-refractivity contribution < 1.29 is 19.0 Å². The van der Waals surface area contributed by atoms with Crippen molar-refractivity contribution in [2.75, 3.05) is 20.3 Å². The smallest absolute Gasteiger partial charge is 0.438 e. The topological polar surface area (TPSA) is 70.8 Å². The van der Waals surface area contributed by atoms with Crippen LogP contribution in [0.15, 0.2) is 0 Å². The van der Waals surface area contributed by atoms with Crippen LogP contribution in [0.5, 0.6) is 0 Å². The van der Waals surface area contributed by atoms with Crippen molar-refractivity contribution in [2.45, 2.75) is 18.6 Å². The summed E-state index contributed by atoms with van der Waals surface area (Å²) < 4.78 is 14.3. The molecule has 5 nitrogen and oxygen atoms in total. The van der Waals surface area contributed by atoms with E-state index in [1.54, 1.807) is 0 Å². The molecule has 0 aromatic rings. The molecular weight excluding hydrogens is 162 g/mol. The predicted molar refractivity (Wildman–Crippen MR) is 40.5 cm³/mol. The molecule has 1 fully saturated rings. The van der Waals surface area contributed by atoms with Crippen LogP contribution in [0.2, 0.25) is 0 Å². The van der Waals surface area contributed by atoms with Gasteiger partial charge in [-0.3, -0.25) is 5.73 Å². The number of rotatable bonds is 1. The summed E-state index contributed by atoms with van der Waals surface area (Å²) in [4.78, 5) is 10.7. The van der Waals surface area contributed by atoms with E-state index in [1.165, 1.54) is 7.11 Å². The minimum atomic E-state index is -0.897. The van der Waals surface area contributed by atoms with Gasteiger partial charge in [-0.05, 0) is 0 Å². The van der Waals surface area contributed by atoms with Crippen molar-refractivity contribution in [2.24, 2.45) is 5.73 Å². The van der Waals surface area contributed by atoms with E-state index in [0.29, 0.717) is 26.1 Å². The fourth-order valence-electron chi connectivity index (χ4n) is 1.03. The molecule has 1 heterocycles. The van der Waals surface area contributed by atoms with E-state index in [4.69, 9.17) is 15.2 Å². The average molecular weight is 175 g/mol. The Kier molecular flexibility index (Phi) is 2.88. The van der Waals surface area contributed by atoms with E-state index in [9.17, 15) is 4.79 Å². The van der Waals surface area contributed by atoms with E-state index >= 15 is 0 Å². The van der Waals surface area contributed by atoms with Crippen LogP contribution < -0.4 is 5.73 Å². The van der Waals surface area contributed by atoms with Crippen LogP contribution >= 0.6 is 0 Å². The number of carbonyl (C=O) groups is 1. The van der Waals surface area contributed by atoms with Gasteiger partial charge in [0.1, 0.15) is 0 Å². The van der Waals surface area contributed by atoms with Crippen LogP contribution in [0.1, 0.15) is 12.8 Å². The molecule has 0 amide bonds. The molecule has 1 aliphatic rings. The zero-order chi connectivity index (χ0) is 9.03. The highest BCUT2D eigenvalue weighted by Gasteiger charge is 2.32. The number of carbonyl (C=O) groups excluding carboxylic acids is 1. The quantitative estimate of drug-likeness (QED) is 0.456. The lowest BCUT2D eigenvalue weighted by molar-refractivity contribution is -0.0854. The molecule has 70 valence electrons. The first-order valence-electron chi connectivity index (χ1n) is 3.80. The zero-order valence-electron chi connectivity index (χ0n) is 7.04. The van der Waals surface area contributed by atoms with Gasteiger partial charge >= 0.3 is 6.16 Å². The Hall–Kier alpha value is -0.810. The number of hydrogen-bond acceptors (Lipinski definition) is 5. The van der Waals surface area contributed by atoms with Crippen LogP contribution in [0.25, 0.3) is 0 Å². The van der Waals surface area contributed by atoms with Gasteiger partial charge in [0.25, 0.3) is 0 Å². The van der Waals surface area contributed by atoms with Crippen molar-refractivity contribution in [3.8, 4) is 0 Å². The van der Waals surface area contributed by atoms with E-state index in [1.807, 2.05) is 0 Å². The summed E-state index contributed by atoms with van der Waals surface area (Å²) >= 11 is 0. The van der Waals surface area contributed by atoms with Crippen LogP contribution in [0, 0.1) is 0 Å². The Labute approximate surface area is 70.8 Å². The number of methoxy groups -OCH3 is 1. The molecule has 0 aromatic carbocycles. The van der Waals surface area contributed by atoms with Gasteiger partial charge < -0.3 is 14.2 Å². The van der Waals surface area contributed by atoms with Crippen molar-refractivity contribution in [1.29, 1.82) is 0 Å². The Morgan fingerprint density at radius 3 is 2.58 bits per heavy atom. The number of hydrogen-bond donors (Lipinski definition) is 1. The van der Waals surface area contributed by atoms with Crippen LogP contribution in [-0.2, 0) is 14.2 Å². The highest BCUT2D eigenvalue weighted by atomic mass is 16.7. The standard InChI is InChI=1S/C7H13NO4/c1-10-6(9)12-7(8)2-4-11-5-3-7/h2-5,8H2,1H3. The molecule has 0 spiro atoms. The third-order valence-electron chi connectivity index (χ3n) is 1.79. The van der Waals surface area contributed by atoms with Gasteiger partial charge in [0, 0.05) is 12.8 Å². The SMILES string of the molecule is COC(=O)OC1(N)CCOCC1. The molecule has 0 aromatic heterocycles. The summed E-state index contributed by atoms with van der Waals surface area (Å²) in [6.45, 7) is 1.04. The van der Waals surface area contributed by atoms with Crippen molar-refractivity contribution in [1.82, 2.24) is 0 Å². The van der Waals surface area contributed by atoms with Gasteiger partial charge in [0.2, 0.25) is 0 Å². The largest absolute Gasteiger partial charge is 0.509 e. The highest BCUT2D eigenvalue weighted by Crippen LogP contribution is 2.19. The molecule has 0 radical (unpaired) electrons. The molecule has 5 heteroatoms. The fourth-order valence-corrected chi connectivity index (χ4v) is 1.03. The second kappa shape index (κ2) is 3.73. The molecule has 2 N–H and O–H groups in total. The van der Waals surface area contributed by atoms with E-state index in [2.05, 4.69) is 4.74 Å². The maximum Gasteiger partial charge on any atom is 0.509 e. The molecule has 0 atom stereocenters. The first kappa shape index (κ1) is 9.28. The van der Waals surface area contributed by atoms with E-state index in [0.717, 1.165) is 0 Å². The third kappa shape index (κ3) is 2.35. The normalized spacial score (nSPS) is 21.5. The summed E-state index contributed by atoms with van der Waals surface area (Å²) in [6, 6.07) is 0. The molecule has 0 unspecified atom stereocenters. The van der Waals surface area contributed by atoms with Crippen molar-refractivity contribution in [3.05, 3.63) is 0 Å². The first-order chi connectivity index (χ1) is 5.66. The van der Waals surface area contributed by atoms with Crippen molar-refractivity contribution >= 4 is 6.16 Å². The average Bonchev–Trinajstić information content (AvgIpc) is 2.05. The van der Waals surface area contributed by atoms with Gasteiger partial charge in [-0.25, -0.2) is 4.79 Å². The molecular formula is C7H13NO4. The third-order valence-corrected chi connectivity index (χ3v) is 1.79. The minimum Gasteiger partial charge on any atom is -0.438 e. The second-order valence-corrected chi connectivity index (χ2v) is 2.73. The zero-order valence-corrected chi connectivity index (χ0v) is 7.04. The molecule has 1 aliphatic heterocycles. The summed E-state index contributed by atoms with van der Waals surface area (Å²) in [5.41, 5.74) is 4.84. The molecule has 0 saturated carbocycles. The Morgan fingerprint density at radius 1 is 1.50 bits per heavy atom. The molecule has 0 aliphatic carbocycles. The number of ether oxygens (including phenoxy) is 3. The Bertz CT molecular complexity index is 165. The fraction of sp³-hybridized carbons (Fsp3) is 0.857. The second-order valence-electron chi connectivity index (χ2n) is 2.73. The molecule has 12 heavy (non-hydrogen) atoms. The summed E-state index contributed by atoms with van der Waals surface area (Å²) in [5, 5.41) is 0. The van der Waals surface area contributed by atoms with Crippen LogP contribution in [0.4, 0.5) is 4.79 Å². The maximum absolute atomic E-state index is 10.7. The van der Waals surface area contributed by atoms with Gasteiger partial charge in [-0.15, -0.1) is 0 Å². The number of nitrogens with two attached hydrogens (primary N) is 1. The van der Waals surface area contributed by atoms with E-state index in [-0.39, 0.29) is 0 Å². The lowest BCUT2D eigenvalue weighted by atomic mass is 10.1. The lowest BCUT2D eigenvalue weighted by Gasteiger charge is -2.31. The summed E-state index contributed by atoms with van der Waals surface area (Å²) in [5.74, 6) is 0. The molecule has 1 saturated heterocycles. The predicted octanol–water partition coefficient (Wildman–Crippen LogP) is 0.235. The summed E-state index contributed by atoms with van der Waals surface area (Å²) in [6.07, 6.45) is 0.295. The van der Waals surface area contributed by atoms with Crippen LogP contribution in [-0.4, -0.2) is 32.2 Å². The van der Waals surface area contributed by atoms with Crippen LogP contribution in [0.3, 0.4) is 0 Å². The van der Waals surface area contributed by atoms with E-state index < -0.39 is 11.9 Å². The van der Waals surface area contributed by atoms with Gasteiger partial charge in [-0.2, -0.15) is 0 Å². The Balaban J connectivity index is 2.41. The van der Waals surface area contributed by atoms with Gasteiger partial charge in [0.15, 0.2) is 5.72 Å². The molecule has 1 rings (SSSR count).